The summed E-state index contributed by atoms with van der Waals surface area (Å²) in [7, 11) is 0. The van der Waals surface area contributed by atoms with Crippen LogP contribution >= 0.6 is 0 Å². The smallest absolute Gasteiger partial charge is 0.179 e. The third-order valence-corrected chi connectivity index (χ3v) is 2.87. The van der Waals surface area contributed by atoms with E-state index in [1.165, 1.54) is 30.3 Å². The van der Waals surface area contributed by atoms with Crippen molar-refractivity contribution in [1.29, 1.82) is 0 Å². The van der Waals surface area contributed by atoms with Gasteiger partial charge in [0.1, 0.15) is 11.6 Å². The number of hydrogen-bond donors (Lipinski definition) is 3. The Kier molecular flexibility index (Phi) is 2.35. The predicted octanol–water partition coefficient (Wildman–Crippen LogP) is 3.36. The van der Waals surface area contributed by atoms with Gasteiger partial charge in [0, 0.05) is 5.56 Å². The number of hydrogen-bond acceptors (Lipinski definition) is 4. The van der Waals surface area contributed by atoms with Gasteiger partial charge in [-0.2, -0.15) is 0 Å². The highest BCUT2D eigenvalue weighted by atomic mass is 19.1. The third kappa shape index (κ3) is 1.76. The average molecular weight is 260 g/mol. The molecule has 0 unspecified atom stereocenters. The van der Waals surface area contributed by atoms with Crippen molar-refractivity contribution in [2.75, 3.05) is 0 Å². The molecular weight excluding hydrogens is 251 g/mol. The molecule has 0 radical (unpaired) electrons. The minimum absolute atomic E-state index is 0.0440. The summed E-state index contributed by atoms with van der Waals surface area (Å²) in [6, 6.07) is 7.89. The zero-order valence-electron chi connectivity index (χ0n) is 9.59. The summed E-state index contributed by atoms with van der Waals surface area (Å²) in [6.45, 7) is 0. The first-order valence-corrected chi connectivity index (χ1v) is 5.49. The first-order chi connectivity index (χ1) is 9.06. The minimum atomic E-state index is -0.509. The number of aromatic hydroxyl groups is 3. The molecule has 0 spiro atoms. The molecule has 0 saturated carbocycles. The van der Waals surface area contributed by atoms with Crippen LogP contribution in [-0.2, 0) is 0 Å². The van der Waals surface area contributed by atoms with Crippen LogP contribution in [0.3, 0.4) is 0 Å². The molecule has 0 aliphatic carbocycles. The van der Waals surface area contributed by atoms with Crippen molar-refractivity contribution >= 4 is 11.0 Å². The van der Waals surface area contributed by atoms with Crippen LogP contribution in [0.2, 0.25) is 0 Å². The maximum atomic E-state index is 13.6. The molecule has 3 aromatic rings. The van der Waals surface area contributed by atoms with Crippen molar-refractivity contribution in [2.24, 2.45) is 0 Å². The van der Waals surface area contributed by atoms with E-state index < -0.39 is 5.82 Å². The lowest BCUT2D eigenvalue weighted by molar-refractivity contribution is 0.404. The van der Waals surface area contributed by atoms with Gasteiger partial charge in [-0.25, -0.2) is 4.39 Å². The van der Waals surface area contributed by atoms with Gasteiger partial charge in [-0.3, -0.25) is 0 Å². The Balaban J connectivity index is 2.23. The number of furan rings is 1. The summed E-state index contributed by atoms with van der Waals surface area (Å²) in [5, 5.41) is 28.4. The highest BCUT2D eigenvalue weighted by molar-refractivity contribution is 5.87. The molecule has 4 nitrogen and oxygen atoms in total. The standard InChI is InChI=1S/C14H9FO4/c15-9-2-4-11(17)14-8(9)6-13(19-14)7-1-3-10(16)12(18)5-7/h1-6,16-18H. The number of phenols is 3. The minimum Gasteiger partial charge on any atom is -0.504 e. The monoisotopic (exact) mass is 260 g/mol. The number of halogens is 1. The zero-order chi connectivity index (χ0) is 13.6. The third-order valence-electron chi connectivity index (χ3n) is 2.87. The van der Waals surface area contributed by atoms with Crippen molar-refractivity contribution in [1.82, 2.24) is 0 Å². The average Bonchev–Trinajstić information content (AvgIpc) is 2.83. The Hall–Kier alpha value is -2.69. The quantitative estimate of drug-likeness (QED) is 0.586. The molecule has 5 heteroatoms. The predicted molar refractivity (Wildman–Crippen MR) is 66.6 cm³/mol. The molecule has 96 valence electrons. The van der Waals surface area contributed by atoms with Gasteiger partial charge in [0.05, 0.1) is 5.39 Å². The highest BCUT2D eigenvalue weighted by Crippen LogP contribution is 2.36. The first kappa shape index (κ1) is 11.4. The fourth-order valence-electron chi connectivity index (χ4n) is 1.90. The summed E-state index contributed by atoms with van der Waals surface area (Å²) in [4.78, 5) is 0. The van der Waals surface area contributed by atoms with Gasteiger partial charge >= 0.3 is 0 Å². The van der Waals surface area contributed by atoms with Crippen LogP contribution in [0.15, 0.2) is 40.8 Å². The van der Waals surface area contributed by atoms with Gasteiger partial charge in [-0.1, -0.05) is 0 Å². The van der Waals surface area contributed by atoms with E-state index in [1.54, 1.807) is 0 Å². The molecular formula is C14H9FO4. The summed E-state index contributed by atoms with van der Waals surface area (Å²) in [6.07, 6.45) is 0. The van der Waals surface area contributed by atoms with E-state index in [1.807, 2.05) is 0 Å². The molecule has 0 aliphatic rings. The van der Waals surface area contributed by atoms with Crippen molar-refractivity contribution in [3.05, 3.63) is 42.2 Å². The largest absolute Gasteiger partial charge is 0.504 e. The molecule has 3 rings (SSSR count). The Labute approximate surface area is 107 Å². The molecule has 0 fully saturated rings. The topological polar surface area (TPSA) is 73.8 Å². The van der Waals surface area contributed by atoms with E-state index in [-0.39, 0.29) is 34.0 Å². The highest BCUT2D eigenvalue weighted by Gasteiger charge is 2.14. The molecule has 1 heterocycles. The van der Waals surface area contributed by atoms with Crippen LogP contribution in [0.5, 0.6) is 17.2 Å². The molecule has 0 amide bonds. The Morgan fingerprint density at radius 3 is 2.26 bits per heavy atom. The lowest BCUT2D eigenvalue weighted by atomic mass is 10.1. The number of phenolic OH excluding ortho intramolecular Hbond substituents is 3. The summed E-state index contributed by atoms with van der Waals surface area (Å²) < 4.78 is 19.0. The summed E-state index contributed by atoms with van der Waals surface area (Å²) >= 11 is 0. The van der Waals surface area contributed by atoms with E-state index in [0.717, 1.165) is 6.07 Å². The summed E-state index contributed by atoms with van der Waals surface area (Å²) in [5.41, 5.74) is 0.507. The maximum absolute atomic E-state index is 13.6. The van der Waals surface area contributed by atoms with Gasteiger partial charge in [0.15, 0.2) is 22.8 Å². The molecule has 0 bridgehead atoms. The molecule has 0 atom stereocenters. The van der Waals surface area contributed by atoms with E-state index >= 15 is 0 Å². The van der Waals surface area contributed by atoms with Crippen molar-refractivity contribution in [2.45, 2.75) is 0 Å². The number of fused-ring (bicyclic) bond motifs is 1. The molecule has 1 aromatic heterocycles. The lowest BCUT2D eigenvalue weighted by Crippen LogP contribution is -1.74. The Morgan fingerprint density at radius 2 is 1.58 bits per heavy atom. The summed E-state index contributed by atoms with van der Waals surface area (Å²) in [5.74, 6) is -0.946. The van der Waals surface area contributed by atoms with Gasteiger partial charge in [-0.05, 0) is 36.4 Å². The normalized spacial score (nSPS) is 11.0. The molecule has 0 aliphatic heterocycles. The second kappa shape index (κ2) is 3.91. The van der Waals surface area contributed by atoms with Crippen LogP contribution in [-0.4, -0.2) is 15.3 Å². The van der Waals surface area contributed by atoms with E-state index in [0.29, 0.717) is 5.56 Å². The van der Waals surface area contributed by atoms with Crippen molar-refractivity contribution < 1.29 is 24.1 Å². The van der Waals surface area contributed by atoms with Gasteiger partial charge in [-0.15, -0.1) is 0 Å². The van der Waals surface area contributed by atoms with Crippen LogP contribution in [0.4, 0.5) is 4.39 Å². The van der Waals surface area contributed by atoms with Crippen LogP contribution in [0.1, 0.15) is 0 Å². The van der Waals surface area contributed by atoms with Gasteiger partial charge in [0.2, 0.25) is 0 Å². The second-order valence-electron chi connectivity index (χ2n) is 4.12. The van der Waals surface area contributed by atoms with Crippen LogP contribution in [0.25, 0.3) is 22.3 Å². The molecule has 3 N–H and O–H groups in total. The fourth-order valence-corrected chi connectivity index (χ4v) is 1.90. The second-order valence-corrected chi connectivity index (χ2v) is 4.12. The maximum Gasteiger partial charge on any atom is 0.179 e. The molecule has 2 aromatic carbocycles. The van der Waals surface area contributed by atoms with E-state index in [9.17, 15) is 19.7 Å². The Bertz CT molecular complexity index is 737. The van der Waals surface area contributed by atoms with Crippen molar-refractivity contribution in [3.63, 3.8) is 0 Å². The van der Waals surface area contributed by atoms with Crippen LogP contribution < -0.4 is 0 Å². The molecule has 19 heavy (non-hydrogen) atoms. The fraction of sp³-hybridized carbons (Fsp3) is 0. The van der Waals surface area contributed by atoms with Crippen molar-refractivity contribution in [3.8, 4) is 28.6 Å². The SMILES string of the molecule is Oc1ccc(-c2cc3c(F)ccc(O)c3o2)cc1O. The lowest BCUT2D eigenvalue weighted by Gasteiger charge is -2.00. The zero-order valence-corrected chi connectivity index (χ0v) is 9.59. The Morgan fingerprint density at radius 1 is 0.842 bits per heavy atom. The van der Waals surface area contributed by atoms with E-state index in [2.05, 4.69) is 0 Å². The number of benzene rings is 2. The van der Waals surface area contributed by atoms with Gasteiger partial charge < -0.3 is 19.7 Å². The van der Waals surface area contributed by atoms with Crippen LogP contribution in [0, 0.1) is 5.82 Å². The van der Waals surface area contributed by atoms with Gasteiger partial charge in [0.25, 0.3) is 0 Å². The molecule has 0 saturated heterocycles. The van der Waals surface area contributed by atoms with E-state index in [4.69, 9.17) is 4.42 Å². The first-order valence-electron chi connectivity index (χ1n) is 5.49. The number of rotatable bonds is 1.